The number of rotatable bonds is 0. The lowest BCUT2D eigenvalue weighted by Gasteiger charge is -2.03. The van der Waals surface area contributed by atoms with E-state index in [2.05, 4.69) is 9.97 Å². The van der Waals surface area contributed by atoms with Crippen LogP contribution in [0, 0.1) is 6.92 Å². The molecule has 0 atom stereocenters. The Hall–Kier alpha value is -1.67. The van der Waals surface area contributed by atoms with Crippen LogP contribution in [0.25, 0.3) is 21.8 Å². The van der Waals surface area contributed by atoms with Crippen molar-refractivity contribution < 1.29 is 0 Å². The summed E-state index contributed by atoms with van der Waals surface area (Å²) in [5, 5.41) is 2.52. The number of halogens is 1. The Kier molecular flexibility index (Phi) is 2.04. The number of fused-ring (bicyclic) bond motifs is 2. The van der Waals surface area contributed by atoms with Crippen molar-refractivity contribution in [3.8, 4) is 0 Å². The van der Waals surface area contributed by atoms with Crippen LogP contribution < -0.4 is 0 Å². The fourth-order valence-electron chi connectivity index (χ4n) is 1.85. The van der Waals surface area contributed by atoms with Crippen molar-refractivity contribution in [3.05, 3.63) is 47.2 Å². The van der Waals surface area contributed by atoms with Gasteiger partial charge in [-0.3, -0.25) is 0 Å². The normalized spacial score (nSPS) is 11.1. The fraction of sp³-hybridized carbons (Fsp3) is 0.0769. The first-order valence-corrected chi connectivity index (χ1v) is 5.44. The number of aromatic nitrogens is 2. The summed E-state index contributed by atoms with van der Waals surface area (Å²) in [6.07, 6.45) is 0. The molecule has 0 aliphatic carbocycles. The molecule has 0 unspecified atom stereocenters. The van der Waals surface area contributed by atoms with Crippen molar-refractivity contribution >= 4 is 33.4 Å². The minimum Gasteiger partial charge on any atom is -0.248 e. The van der Waals surface area contributed by atoms with Crippen molar-refractivity contribution in [2.75, 3.05) is 0 Å². The molecule has 2 nitrogen and oxygen atoms in total. The van der Waals surface area contributed by atoms with Gasteiger partial charge in [0.1, 0.15) is 5.15 Å². The highest BCUT2D eigenvalue weighted by Gasteiger charge is 2.04. The van der Waals surface area contributed by atoms with Gasteiger partial charge < -0.3 is 0 Å². The Labute approximate surface area is 97.9 Å². The minimum absolute atomic E-state index is 0.522. The van der Waals surface area contributed by atoms with E-state index in [1.54, 1.807) is 0 Å². The molecule has 0 aliphatic heterocycles. The molecule has 0 bridgehead atoms. The van der Waals surface area contributed by atoms with E-state index in [0.29, 0.717) is 5.15 Å². The van der Waals surface area contributed by atoms with Crippen LogP contribution in [-0.2, 0) is 0 Å². The molecule has 0 spiro atoms. The van der Waals surface area contributed by atoms with Gasteiger partial charge in [-0.2, -0.15) is 0 Å². The van der Waals surface area contributed by atoms with Crippen molar-refractivity contribution in [1.29, 1.82) is 0 Å². The Balaban J connectivity index is 2.51. The summed E-state index contributed by atoms with van der Waals surface area (Å²) in [4.78, 5) is 8.81. The molecular weight excluding hydrogens is 220 g/mol. The molecule has 0 saturated carbocycles. The van der Waals surface area contributed by atoms with Crippen LogP contribution in [0.1, 0.15) is 5.69 Å². The van der Waals surface area contributed by atoms with E-state index >= 15 is 0 Å². The second-order valence-electron chi connectivity index (χ2n) is 3.80. The zero-order valence-corrected chi connectivity index (χ0v) is 9.49. The molecule has 0 N–H and O–H groups in total. The van der Waals surface area contributed by atoms with Gasteiger partial charge in [-0.1, -0.05) is 29.8 Å². The average Bonchev–Trinajstić information content (AvgIpc) is 2.27. The summed E-state index contributed by atoms with van der Waals surface area (Å²) >= 11 is 6.11. The fourth-order valence-corrected chi connectivity index (χ4v) is 2.14. The second kappa shape index (κ2) is 3.42. The number of hydrogen-bond donors (Lipinski definition) is 0. The molecular formula is C13H9ClN2. The maximum Gasteiger partial charge on any atom is 0.138 e. The van der Waals surface area contributed by atoms with E-state index in [1.165, 1.54) is 0 Å². The monoisotopic (exact) mass is 228 g/mol. The van der Waals surface area contributed by atoms with Crippen molar-refractivity contribution in [3.63, 3.8) is 0 Å². The maximum absolute atomic E-state index is 6.11. The van der Waals surface area contributed by atoms with Gasteiger partial charge in [0, 0.05) is 16.5 Å². The molecule has 3 heteroatoms. The molecule has 16 heavy (non-hydrogen) atoms. The number of nitrogens with zero attached hydrogens (tertiary/aromatic N) is 2. The molecule has 2 heterocycles. The molecule has 0 aliphatic rings. The van der Waals surface area contributed by atoms with E-state index in [1.807, 2.05) is 43.3 Å². The molecule has 0 amide bonds. The van der Waals surface area contributed by atoms with Crippen LogP contribution in [0.2, 0.25) is 5.15 Å². The highest BCUT2D eigenvalue weighted by atomic mass is 35.5. The molecule has 3 aromatic rings. The van der Waals surface area contributed by atoms with Gasteiger partial charge >= 0.3 is 0 Å². The smallest absolute Gasteiger partial charge is 0.138 e. The van der Waals surface area contributed by atoms with Gasteiger partial charge in [0.2, 0.25) is 0 Å². The van der Waals surface area contributed by atoms with E-state index in [4.69, 9.17) is 11.6 Å². The van der Waals surface area contributed by atoms with Gasteiger partial charge in [-0.15, -0.1) is 0 Å². The Morgan fingerprint density at radius 2 is 1.81 bits per heavy atom. The lowest BCUT2D eigenvalue weighted by Crippen LogP contribution is -1.88. The molecule has 3 rings (SSSR count). The first kappa shape index (κ1) is 9.55. The molecule has 0 saturated heterocycles. The average molecular weight is 229 g/mol. The van der Waals surface area contributed by atoms with Gasteiger partial charge in [0.05, 0.1) is 11.0 Å². The molecule has 1 aromatic carbocycles. The third-order valence-electron chi connectivity index (χ3n) is 2.60. The largest absolute Gasteiger partial charge is 0.248 e. The second-order valence-corrected chi connectivity index (χ2v) is 4.16. The zero-order chi connectivity index (χ0) is 11.1. The summed E-state index contributed by atoms with van der Waals surface area (Å²) in [5.74, 6) is 0. The number of benzene rings is 1. The molecule has 0 radical (unpaired) electrons. The van der Waals surface area contributed by atoms with E-state index < -0.39 is 0 Å². The summed E-state index contributed by atoms with van der Waals surface area (Å²) < 4.78 is 0. The summed E-state index contributed by atoms with van der Waals surface area (Å²) in [7, 11) is 0. The van der Waals surface area contributed by atoms with Crippen molar-refractivity contribution in [2.24, 2.45) is 0 Å². The minimum atomic E-state index is 0.522. The number of hydrogen-bond acceptors (Lipinski definition) is 2. The van der Waals surface area contributed by atoms with Crippen LogP contribution in [0.5, 0.6) is 0 Å². The topological polar surface area (TPSA) is 25.8 Å². The van der Waals surface area contributed by atoms with Gasteiger partial charge in [0.15, 0.2) is 0 Å². The van der Waals surface area contributed by atoms with Crippen LogP contribution in [0.15, 0.2) is 36.4 Å². The summed E-state index contributed by atoms with van der Waals surface area (Å²) in [6.45, 7) is 1.92. The maximum atomic E-state index is 6.11. The van der Waals surface area contributed by atoms with Crippen molar-refractivity contribution in [1.82, 2.24) is 9.97 Å². The quantitative estimate of drug-likeness (QED) is 0.433. The predicted octanol–water partition coefficient (Wildman–Crippen LogP) is 3.74. The number of para-hydroxylation sites is 1. The number of aryl methyl sites for hydroxylation is 1. The van der Waals surface area contributed by atoms with Crippen LogP contribution in [-0.4, -0.2) is 9.97 Å². The third kappa shape index (κ3) is 1.42. The summed E-state index contributed by atoms with van der Waals surface area (Å²) in [5.41, 5.74) is 2.77. The molecule has 78 valence electrons. The van der Waals surface area contributed by atoms with E-state index in [9.17, 15) is 0 Å². The van der Waals surface area contributed by atoms with Crippen LogP contribution in [0.3, 0.4) is 0 Å². The standard InChI is InChI=1S/C13H9ClN2/c1-8-6-12-10(13(14)15-8)7-9-4-2-3-5-11(9)16-12/h2-7H,1H3. The lowest BCUT2D eigenvalue weighted by atomic mass is 10.1. The highest BCUT2D eigenvalue weighted by molar-refractivity contribution is 6.34. The Morgan fingerprint density at radius 1 is 1.00 bits per heavy atom. The van der Waals surface area contributed by atoms with E-state index in [-0.39, 0.29) is 0 Å². The highest BCUT2D eigenvalue weighted by Crippen LogP contribution is 2.24. The SMILES string of the molecule is Cc1cc2nc3ccccc3cc2c(Cl)n1. The zero-order valence-electron chi connectivity index (χ0n) is 8.74. The predicted molar refractivity (Wildman–Crippen MR) is 66.8 cm³/mol. The van der Waals surface area contributed by atoms with Gasteiger partial charge in [-0.05, 0) is 25.1 Å². The Morgan fingerprint density at radius 3 is 2.69 bits per heavy atom. The van der Waals surface area contributed by atoms with Crippen LogP contribution in [0.4, 0.5) is 0 Å². The number of pyridine rings is 2. The molecule has 2 aromatic heterocycles. The summed E-state index contributed by atoms with van der Waals surface area (Å²) in [6, 6.07) is 12.0. The Bertz CT molecular complexity index is 692. The van der Waals surface area contributed by atoms with Crippen molar-refractivity contribution in [2.45, 2.75) is 6.92 Å². The first-order valence-electron chi connectivity index (χ1n) is 5.07. The third-order valence-corrected chi connectivity index (χ3v) is 2.88. The van der Waals surface area contributed by atoms with E-state index in [0.717, 1.165) is 27.5 Å². The van der Waals surface area contributed by atoms with Gasteiger partial charge in [-0.25, -0.2) is 9.97 Å². The first-order chi connectivity index (χ1) is 7.74. The van der Waals surface area contributed by atoms with Gasteiger partial charge in [0.25, 0.3) is 0 Å². The van der Waals surface area contributed by atoms with Crippen LogP contribution >= 0.6 is 11.6 Å². The molecule has 0 fully saturated rings. The lowest BCUT2D eigenvalue weighted by molar-refractivity contribution is 1.22.